The Labute approximate surface area is 188 Å². The Hall–Kier alpha value is -3.42. The predicted octanol–water partition coefficient (Wildman–Crippen LogP) is 4.16. The van der Waals surface area contributed by atoms with E-state index in [9.17, 15) is 4.79 Å². The molecule has 0 saturated heterocycles. The lowest BCUT2D eigenvalue weighted by atomic mass is 9.96. The van der Waals surface area contributed by atoms with E-state index in [1.54, 1.807) is 19.5 Å². The third-order valence-corrected chi connectivity index (χ3v) is 4.91. The van der Waals surface area contributed by atoms with E-state index in [-0.39, 0.29) is 23.8 Å². The lowest BCUT2D eigenvalue weighted by Crippen LogP contribution is -2.26. The molecule has 1 N–H and O–H groups in total. The third-order valence-electron chi connectivity index (χ3n) is 4.91. The Morgan fingerprint density at radius 2 is 1.91 bits per heavy atom. The van der Waals surface area contributed by atoms with Crippen LogP contribution in [0.4, 0.5) is 0 Å². The van der Waals surface area contributed by atoms with Crippen molar-refractivity contribution in [2.45, 2.75) is 58.6 Å². The highest BCUT2D eigenvalue weighted by atomic mass is 16.5. The summed E-state index contributed by atoms with van der Waals surface area (Å²) in [4.78, 5) is 20.8. The van der Waals surface area contributed by atoms with Crippen molar-refractivity contribution in [2.75, 3.05) is 7.11 Å². The lowest BCUT2D eigenvalue weighted by Gasteiger charge is -2.17. The zero-order valence-electron chi connectivity index (χ0n) is 19.2. The minimum absolute atomic E-state index is 0.0926. The first kappa shape index (κ1) is 23.2. The average molecular weight is 439 g/mol. The second kappa shape index (κ2) is 10.3. The first-order valence-corrected chi connectivity index (χ1v) is 10.6. The van der Waals surface area contributed by atoms with Gasteiger partial charge < -0.3 is 19.3 Å². The summed E-state index contributed by atoms with van der Waals surface area (Å²) in [6.07, 6.45) is 4.11. The Kier molecular flexibility index (Phi) is 7.45. The van der Waals surface area contributed by atoms with E-state index in [0.717, 1.165) is 11.1 Å². The molecular formula is C24H30N4O4. The van der Waals surface area contributed by atoms with E-state index in [4.69, 9.17) is 14.0 Å². The maximum atomic E-state index is 12.4. The molecular weight excluding hydrogens is 408 g/mol. The number of hydrogen-bond acceptors (Lipinski definition) is 7. The van der Waals surface area contributed by atoms with Crippen molar-refractivity contribution in [1.29, 1.82) is 0 Å². The molecule has 1 amide bonds. The normalized spacial score (nSPS) is 12.3. The van der Waals surface area contributed by atoms with Crippen molar-refractivity contribution in [1.82, 2.24) is 20.4 Å². The van der Waals surface area contributed by atoms with Gasteiger partial charge in [-0.2, -0.15) is 4.98 Å². The molecule has 0 radical (unpaired) electrons. The van der Waals surface area contributed by atoms with Crippen molar-refractivity contribution in [3.05, 3.63) is 65.6 Å². The van der Waals surface area contributed by atoms with E-state index in [1.165, 1.54) is 0 Å². The van der Waals surface area contributed by atoms with E-state index in [2.05, 4.69) is 20.4 Å². The summed E-state index contributed by atoms with van der Waals surface area (Å²) in [5.74, 6) is 2.26. The van der Waals surface area contributed by atoms with Gasteiger partial charge in [-0.15, -0.1) is 0 Å². The largest absolute Gasteiger partial charge is 0.493 e. The molecule has 0 fully saturated rings. The molecule has 3 aromatic rings. The van der Waals surface area contributed by atoms with Crippen LogP contribution in [0.5, 0.6) is 11.5 Å². The SMILES string of the molecule is COc1cc(C(C)NC(=O)CCc2nc(C(C)(C)C)no2)ccc1OCc1ccncc1. The maximum Gasteiger partial charge on any atom is 0.227 e. The molecule has 0 bridgehead atoms. The summed E-state index contributed by atoms with van der Waals surface area (Å²) < 4.78 is 16.6. The smallest absolute Gasteiger partial charge is 0.227 e. The molecule has 1 unspecified atom stereocenters. The third kappa shape index (κ3) is 6.29. The number of aromatic nitrogens is 3. The zero-order chi connectivity index (χ0) is 23.1. The van der Waals surface area contributed by atoms with Gasteiger partial charge in [0.1, 0.15) is 6.61 Å². The molecule has 0 spiro atoms. The van der Waals surface area contributed by atoms with Crippen molar-refractivity contribution in [2.24, 2.45) is 0 Å². The van der Waals surface area contributed by atoms with Gasteiger partial charge in [-0.25, -0.2) is 0 Å². The molecule has 170 valence electrons. The standard InChI is InChI=1S/C24H30N4O4/c1-16(26-21(29)8-9-22-27-23(28-32-22)24(2,3)4)18-6-7-19(20(14-18)30-5)31-15-17-10-12-25-13-11-17/h6-7,10-14,16H,8-9,15H2,1-5H3,(H,26,29). The predicted molar refractivity (Wildman–Crippen MR) is 119 cm³/mol. The molecule has 0 aliphatic rings. The van der Waals surface area contributed by atoms with Crippen LogP contribution in [-0.4, -0.2) is 28.1 Å². The molecule has 1 atom stereocenters. The van der Waals surface area contributed by atoms with Crippen LogP contribution in [0.1, 0.15) is 63.0 Å². The lowest BCUT2D eigenvalue weighted by molar-refractivity contribution is -0.121. The molecule has 32 heavy (non-hydrogen) atoms. The van der Waals surface area contributed by atoms with Crippen LogP contribution >= 0.6 is 0 Å². The summed E-state index contributed by atoms with van der Waals surface area (Å²) in [7, 11) is 1.60. The number of ether oxygens (including phenoxy) is 2. The highest BCUT2D eigenvalue weighted by molar-refractivity contribution is 5.76. The molecule has 2 heterocycles. The summed E-state index contributed by atoms with van der Waals surface area (Å²) >= 11 is 0. The second-order valence-corrected chi connectivity index (χ2v) is 8.61. The van der Waals surface area contributed by atoms with Crippen LogP contribution in [-0.2, 0) is 23.2 Å². The van der Waals surface area contributed by atoms with Gasteiger partial charge in [-0.3, -0.25) is 9.78 Å². The van der Waals surface area contributed by atoms with Gasteiger partial charge in [0.25, 0.3) is 0 Å². The number of pyridine rings is 1. The van der Waals surface area contributed by atoms with Crippen LogP contribution in [0.25, 0.3) is 0 Å². The highest BCUT2D eigenvalue weighted by Crippen LogP contribution is 2.31. The van der Waals surface area contributed by atoms with Crippen molar-refractivity contribution in [3.63, 3.8) is 0 Å². The van der Waals surface area contributed by atoms with Gasteiger partial charge in [0.15, 0.2) is 17.3 Å². The summed E-state index contributed by atoms with van der Waals surface area (Å²) in [5.41, 5.74) is 1.74. The maximum absolute atomic E-state index is 12.4. The molecule has 1 aromatic carbocycles. The van der Waals surface area contributed by atoms with Crippen LogP contribution in [0, 0.1) is 0 Å². The number of methoxy groups -OCH3 is 1. The fourth-order valence-electron chi connectivity index (χ4n) is 2.99. The Morgan fingerprint density at radius 1 is 1.16 bits per heavy atom. The average Bonchev–Trinajstić information content (AvgIpc) is 3.26. The van der Waals surface area contributed by atoms with Gasteiger partial charge in [-0.05, 0) is 42.3 Å². The van der Waals surface area contributed by atoms with Crippen LogP contribution < -0.4 is 14.8 Å². The van der Waals surface area contributed by atoms with Crippen LogP contribution in [0.2, 0.25) is 0 Å². The Morgan fingerprint density at radius 3 is 2.56 bits per heavy atom. The van der Waals surface area contributed by atoms with Crippen molar-refractivity contribution in [3.8, 4) is 11.5 Å². The number of rotatable bonds is 9. The second-order valence-electron chi connectivity index (χ2n) is 8.61. The molecule has 0 aliphatic carbocycles. The summed E-state index contributed by atoms with van der Waals surface area (Å²) in [5, 5.41) is 6.99. The molecule has 0 aliphatic heterocycles. The minimum atomic E-state index is -0.196. The van der Waals surface area contributed by atoms with Crippen LogP contribution in [0.15, 0.2) is 47.2 Å². The first-order chi connectivity index (χ1) is 15.3. The molecule has 0 saturated carbocycles. The number of nitrogens with one attached hydrogen (secondary N) is 1. The van der Waals surface area contributed by atoms with Gasteiger partial charge in [0.2, 0.25) is 11.8 Å². The number of amides is 1. The quantitative estimate of drug-likeness (QED) is 0.535. The van der Waals surface area contributed by atoms with E-state index in [1.807, 2.05) is 58.0 Å². The summed E-state index contributed by atoms with van der Waals surface area (Å²) in [6.45, 7) is 8.38. The minimum Gasteiger partial charge on any atom is -0.493 e. The zero-order valence-corrected chi connectivity index (χ0v) is 19.2. The summed E-state index contributed by atoms with van der Waals surface area (Å²) in [6, 6.07) is 9.25. The molecule has 8 heteroatoms. The number of nitrogens with zero attached hydrogens (tertiary/aromatic N) is 3. The number of benzene rings is 1. The van der Waals surface area contributed by atoms with E-state index in [0.29, 0.717) is 36.2 Å². The van der Waals surface area contributed by atoms with Gasteiger partial charge in [0, 0.05) is 30.7 Å². The van der Waals surface area contributed by atoms with Gasteiger partial charge in [0.05, 0.1) is 13.2 Å². The highest BCUT2D eigenvalue weighted by Gasteiger charge is 2.21. The first-order valence-electron chi connectivity index (χ1n) is 10.6. The van der Waals surface area contributed by atoms with E-state index >= 15 is 0 Å². The number of hydrogen-bond donors (Lipinski definition) is 1. The fourth-order valence-corrected chi connectivity index (χ4v) is 2.99. The fraction of sp³-hybridized carbons (Fsp3) is 0.417. The van der Waals surface area contributed by atoms with E-state index < -0.39 is 0 Å². The van der Waals surface area contributed by atoms with Crippen molar-refractivity contribution >= 4 is 5.91 Å². The molecule has 2 aromatic heterocycles. The topological polar surface area (TPSA) is 99.4 Å². The number of aryl methyl sites for hydroxylation is 1. The molecule has 8 nitrogen and oxygen atoms in total. The Bertz CT molecular complexity index is 1030. The Balaban J connectivity index is 1.55. The van der Waals surface area contributed by atoms with Gasteiger partial charge in [-0.1, -0.05) is 32.0 Å². The van der Waals surface area contributed by atoms with Crippen molar-refractivity contribution < 1.29 is 18.8 Å². The monoisotopic (exact) mass is 438 g/mol. The van der Waals surface area contributed by atoms with Crippen LogP contribution in [0.3, 0.4) is 0 Å². The number of carbonyl (C=O) groups is 1. The molecule has 3 rings (SSSR count). The van der Waals surface area contributed by atoms with Gasteiger partial charge >= 0.3 is 0 Å². The number of carbonyl (C=O) groups excluding carboxylic acids is 1.